The number of nitrogens with one attached hydrogen (secondary N) is 1. The minimum absolute atomic E-state index is 0.118. The first-order valence-corrected chi connectivity index (χ1v) is 6.62. The van der Waals surface area contributed by atoms with Gasteiger partial charge in [-0.3, -0.25) is 18.7 Å². The monoisotopic (exact) mass is 282 g/mol. The van der Waals surface area contributed by atoms with E-state index in [2.05, 4.69) is 5.32 Å². The van der Waals surface area contributed by atoms with Gasteiger partial charge >= 0.3 is 5.69 Å². The number of hydrogen-bond donors (Lipinski definition) is 2. The molecule has 0 bridgehead atoms. The predicted molar refractivity (Wildman–Crippen MR) is 76.5 cm³/mol. The second kappa shape index (κ2) is 6.51. The number of aromatic nitrogens is 2. The van der Waals surface area contributed by atoms with E-state index in [1.54, 1.807) is 0 Å². The molecule has 7 heteroatoms. The van der Waals surface area contributed by atoms with Gasteiger partial charge in [0.15, 0.2) is 0 Å². The Morgan fingerprint density at radius 1 is 1.40 bits per heavy atom. The summed E-state index contributed by atoms with van der Waals surface area (Å²) in [5.74, 6) is -0.267. The predicted octanol–water partition coefficient (Wildman–Crippen LogP) is -0.726. The average molecular weight is 282 g/mol. The Labute approximate surface area is 117 Å². The van der Waals surface area contributed by atoms with Crippen LogP contribution in [0.5, 0.6) is 0 Å². The van der Waals surface area contributed by atoms with Crippen molar-refractivity contribution in [3.05, 3.63) is 33.1 Å². The number of carbonyl (C=O) groups excluding carboxylic acids is 1. The smallest absolute Gasteiger partial charge is 0.331 e. The third-order valence-electron chi connectivity index (χ3n) is 3.17. The largest absolute Gasteiger partial charge is 0.350 e. The zero-order valence-electron chi connectivity index (χ0n) is 12.2. The second-order valence-corrected chi connectivity index (χ2v) is 5.29. The number of rotatable bonds is 6. The van der Waals surface area contributed by atoms with Crippen molar-refractivity contribution in [2.24, 2.45) is 5.73 Å². The highest BCUT2D eigenvalue weighted by atomic mass is 16.2. The molecule has 20 heavy (non-hydrogen) atoms. The van der Waals surface area contributed by atoms with Crippen molar-refractivity contribution in [1.29, 1.82) is 0 Å². The molecule has 0 atom stereocenters. The van der Waals surface area contributed by atoms with E-state index in [0.717, 1.165) is 11.0 Å². The van der Waals surface area contributed by atoms with Crippen LogP contribution >= 0.6 is 0 Å². The summed E-state index contributed by atoms with van der Waals surface area (Å²) in [5, 5.41) is 2.84. The highest BCUT2D eigenvalue weighted by Crippen LogP contribution is 2.06. The van der Waals surface area contributed by atoms with Gasteiger partial charge in [-0.25, -0.2) is 4.79 Å². The van der Waals surface area contributed by atoms with Crippen molar-refractivity contribution in [2.45, 2.75) is 45.8 Å². The van der Waals surface area contributed by atoms with Gasteiger partial charge in [-0.05, 0) is 20.3 Å². The fourth-order valence-electron chi connectivity index (χ4n) is 1.67. The Morgan fingerprint density at radius 2 is 2.05 bits per heavy atom. The van der Waals surface area contributed by atoms with Gasteiger partial charge in [0.1, 0.15) is 6.54 Å². The van der Waals surface area contributed by atoms with E-state index >= 15 is 0 Å². The molecule has 1 aromatic heterocycles. The lowest BCUT2D eigenvalue weighted by atomic mass is 10.0. The molecular formula is C13H22N4O3. The first kappa shape index (κ1) is 16.2. The van der Waals surface area contributed by atoms with Gasteiger partial charge in [-0.15, -0.1) is 0 Å². The fraction of sp³-hybridized carbons (Fsp3) is 0.615. The molecule has 0 fully saturated rings. The number of nitrogens with zero attached hydrogens (tertiary/aromatic N) is 2. The third-order valence-corrected chi connectivity index (χ3v) is 3.17. The zero-order chi connectivity index (χ0) is 15.3. The molecule has 0 spiro atoms. The lowest BCUT2D eigenvalue weighted by molar-refractivity contribution is -0.123. The topological polar surface area (TPSA) is 99.1 Å². The molecular weight excluding hydrogens is 260 g/mol. The lowest BCUT2D eigenvalue weighted by Crippen LogP contribution is -2.47. The van der Waals surface area contributed by atoms with E-state index in [0.29, 0.717) is 0 Å². The minimum Gasteiger partial charge on any atom is -0.350 e. The molecule has 0 unspecified atom stereocenters. The normalized spacial score (nSPS) is 11.4. The summed E-state index contributed by atoms with van der Waals surface area (Å²) < 4.78 is 2.23. The van der Waals surface area contributed by atoms with E-state index in [-0.39, 0.29) is 31.1 Å². The molecule has 1 aromatic rings. The Bertz CT molecular complexity index is 586. The lowest BCUT2D eigenvalue weighted by Gasteiger charge is -2.24. The molecule has 1 amide bonds. The van der Waals surface area contributed by atoms with Gasteiger partial charge < -0.3 is 11.1 Å². The SMILES string of the molecule is CCC(C)(C)NC(=O)Cn1ccc(=O)n(CCN)c1=O. The molecule has 0 aromatic carbocycles. The summed E-state index contributed by atoms with van der Waals surface area (Å²) in [7, 11) is 0. The Hall–Kier alpha value is -1.89. The van der Waals surface area contributed by atoms with Crippen molar-refractivity contribution in [2.75, 3.05) is 6.54 Å². The molecule has 1 heterocycles. The summed E-state index contributed by atoms with van der Waals surface area (Å²) in [6.07, 6.45) is 2.11. The molecule has 0 aliphatic rings. The van der Waals surface area contributed by atoms with E-state index in [1.165, 1.54) is 16.8 Å². The quantitative estimate of drug-likeness (QED) is 0.719. The first-order valence-electron chi connectivity index (χ1n) is 6.62. The second-order valence-electron chi connectivity index (χ2n) is 5.29. The summed E-state index contributed by atoms with van der Waals surface area (Å²) >= 11 is 0. The van der Waals surface area contributed by atoms with Crippen LogP contribution in [0.1, 0.15) is 27.2 Å². The molecule has 7 nitrogen and oxygen atoms in total. The van der Waals surface area contributed by atoms with Crippen LogP contribution < -0.4 is 22.3 Å². The van der Waals surface area contributed by atoms with Gasteiger partial charge in [0.05, 0.1) is 0 Å². The van der Waals surface area contributed by atoms with Crippen molar-refractivity contribution < 1.29 is 4.79 Å². The molecule has 0 saturated carbocycles. The fourth-order valence-corrected chi connectivity index (χ4v) is 1.67. The molecule has 0 radical (unpaired) electrons. The molecule has 0 aliphatic carbocycles. The average Bonchev–Trinajstić information content (AvgIpc) is 2.37. The van der Waals surface area contributed by atoms with Crippen LogP contribution in [-0.2, 0) is 17.9 Å². The maximum atomic E-state index is 12.0. The highest BCUT2D eigenvalue weighted by molar-refractivity contribution is 5.76. The number of carbonyl (C=O) groups is 1. The first-order chi connectivity index (χ1) is 9.30. The summed E-state index contributed by atoms with van der Waals surface area (Å²) in [6, 6.07) is 1.26. The minimum atomic E-state index is -0.521. The Kier molecular flexibility index (Phi) is 5.26. The van der Waals surface area contributed by atoms with Gasteiger partial charge in [-0.1, -0.05) is 6.92 Å². The summed E-state index contributed by atoms with van der Waals surface area (Å²) in [6.45, 7) is 5.99. The van der Waals surface area contributed by atoms with Crippen LogP contribution in [-0.4, -0.2) is 27.1 Å². The van der Waals surface area contributed by atoms with Crippen molar-refractivity contribution in [1.82, 2.24) is 14.5 Å². The third kappa shape index (κ3) is 4.06. The number of amides is 1. The standard InChI is InChI=1S/C13H22N4O3/c1-4-13(2,3)15-10(18)9-16-7-5-11(19)17(8-6-14)12(16)20/h5,7H,4,6,8-9,14H2,1-3H3,(H,15,18). The van der Waals surface area contributed by atoms with Crippen molar-refractivity contribution in [3.8, 4) is 0 Å². The number of nitrogens with two attached hydrogens (primary N) is 1. The van der Waals surface area contributed by atoms with E-state index in [4.69, 9.17) is 5.73 Å². The van der Waals surface area contributed by atoms with Crippen LogP contribution in [0.25, 0.3) is 0 Å². The Morgan fingerprint density at radius 3 is 2.60 bits per heavy atom. The van der Waals surface area contributed by atoms with E-state index in [1.807, 2.05) is 20.8 Å². The molecule has 0 saturated heterocycles. The molecule has 0 aliphatic heterocycles. The molecule has 1 rings (SSSR count). The maximum absolute atomic E-state index is 12.0. The molecule has 112 valence electrons. The highest BCUT2D eigenvalue weighted by Gasteiger charge is 2.18. The molecule has 3 N–H and O–H groups in total. The van der Waals surface area contributed by atoms with Crippen LogP contribution in [0.15, 0.2) is 21.9 Å². The Balaban J connectivity index is 2.94. The van der Waals surface area contributed by atoms with Gasteiger partial charge in [0.2, 0.25) is 5.91 Å². The zero-order valence-corrected chi connectivity index (χ0v) is 12.2. The van der Waals surface area contributed by atoms with E-state index in [9.17, 15) is 14.4 Å². The van der Waals surface area contributed by atoms with Crippen LogP contribution in [0.4, 0.5) is 0 Å². The maximum Gasteiger partial charge on any atom is 0.331 e. The van der Waals surface area contributed by atoms with Crippen LogP contribution in [0, 0.1) is 0 Å². The van der Waals surface area contributed by atoms with Crippen LogP contribution in [0.2, 0.25) is 0 Å². The van der Waals surface area contributed by atoms with Crippen molar-refractivity contribution >= 4 is 5.91 Å². The van der Waals surface area contributed by atoms with E-state index < -0.39 is 11.2 Å². The van der Waals surface area contributed by atoms with Crippen molar-refractivity contribution in [3.63, 3.8) is 0 Å². The summed E-state index contributed by atoms with van der Waals surface area (Å²) in [4.78, 5) is 35.5. The van der Waals surface area contributed by atoms with Gasteiger partial charge in [0.25, 0.3) is 5.56 Å². The van der Waals surface area contributed by atoms with Crippen LogP contribution in [0.3, 0.4) is 0 Å². The van der Waals surface area contributed by atoms with Gasteiger partial charge in [0, 0.05) is 30.9 Å². The summed E-state index contributed by atoms with van der Waals surface area (Å²) in [5.41, 5.74) is 4.10. The van der Waals surface area contributed by atoms with Gasteiger partial charge in [-0.2, -0.15) is 0 Å². The number of hydrogen-bond acceptors (Lipinski definition) is 4.